The summed E-state index contributed by atoms with van der Waals surface area (Å²) in [5.74, 6) is 0.331. The van der Waals surface area contributed by atoms with Gasteiger partial charge < -0.3 is 26.2 Å². The molecule has 3 amide bonds. The van der Waals surface area contributed by atoms with Crippen LogP contribution in [0.25, 0.3) is 0 Å². The molecule has 0 bridgehead atoms. The zero-order valence-corrected chi connectivity index (χ0v) is 42.0. The average molecular weight is 821 g/mol. The minimum absolute atomic E-state index is 0.0807. The molecule has 58 heavy (non-hydrogen) atoms. The minimum atomic E-state index is -0.120. The molecule has 0 aromatic rings. The molecule has 0 saturated carbocycles. The summed E-state index contributed by atoms with van der Waals surface area (Å²) in [6, 6.07) is 0. The lowest BCUT2D eigenvalue weighted by atomic mass is 9.57. The first-order valence-electron chi connectivity index (χ1n) is 23.3. The second kappa shape index (κ2) is 25.3. The van der Waals surface area contributed by atoms with E-state index in [9.17, 15) is 14.4 Å². The Bertz CT molecular complexity index is 1170. The Hall–Kier alpha value is -1.71. The topological polar surface area (TPSA) is 106 Å². The van der Waals surface area contributed by atoms with Crippen molar-refractivity contribution in [3.05, 3.63) is 0 Å². The largest absolute Gasteiger partial charge is 0.356 e. The molecule has 9 nitrogen and oxygen atoms in total. The SMILES string of the molecule is CCCC(C)(C)C(C)(C)CC(C)(C)CC(=O)NCCCN(CCCCNC(=O)CC(C)(C)CC(C)(C)C(C)(C)CC(C)(C)C)C(=O)CN(CCCNC)CCCNC. The van der Waals surface area contributed by atoms with E-state index in [2.05, 4.69) is 137 Å². The Morgan fingerprint density at radius 1 is 0.483 bits per heavy atom. The molecule has 0 aliphatic carbocycles. The molecule has 0 fully saturated rings. The number of amides is 3. The van der Waals surface area contributed by atoms with Gasteiger partial charge in [-0.1, -0.05) is 117 Å². The molecule has 9 heteroatoms. The first-order chi connectivity index (χ1) is 26.5. The monoisotopic (exact) mass is 821 g/mol. The van der Waals surface area contributed by atoms with Crippen LogP contribution in [0.15, 0.2) is 0 Å². The van der Waals surface area contributed by atoms with Gasteiger partial charge in [0.2, 0.25) is 17.7 Å². The van der Waals surface area contributed by atoms with Crippen molar-refractivity contribution >= 4 is 17.7 Å². The molecule has 0 unspecified atom stereocenters. The number of hydrogen-bond acceptors (Lipinski definition) is 6. The Morgan fingerprint density at radius 2 is 0.879 bits per heavy atom. The second-order valence-corrected chi connectivity index (χ2v) is 23.4. The van der Waals surface area contributed by atoms with Crippen LogP contribution in [0.3, 0.4) is 0 Å². The highest BCUT2D eigenvalue weighted by atomic mass is 16.2. The van der Waals surface area contributed by atoms with Gasteiger partial charge in [0, 0.05) is 39.0 Å². The second-order valence-electron chi connectivity index (χ2n) is 23.4. The van der Waals surface area contributed by atoms with Crippen LogP contribution in [0.5, 0.6) is 0 Å². The van der Waals surface area contributed by atoms with Crippen molar-refractivity contribution in [2.24, 2.45) is 37.9 Å². The molecule has 4 N–H and O–H groups in total. The fraction of sp³-hybridized carbons (Fsp3) is 0.939. The summed E-state index contributed by atoms with van der Waals surface area (Å²) >= 11 is 0. The number of nitrogens with one attached hydrogen (secondary N) is 4. The molecule has 0 atom stereocenters. The van der Waals surface area contributed by atoms with Crippen molar-refractivity contribution in [2.45, 2.75) is 188 Å². The molecule has 0 aliphatic rings. The lowest BCUT2D eigenvalue weighted by Crippen LogP contribution is -2.43. The van der Waals surface area contributed by atoms with E-state index < -0.39 is 0 Å². The third-order valence-corrected chi connectivity index (χ3v) is 13.2. The average Bonchev–Trinajstić information content (AvgIpc) is 3.02. The van der Waals surface area contributed by atoms with E-state index in [-0.39, 0.29) is 55.6 Å². The van der Waals surface area contributed by atoms with Crippen LogP contribution in [0.2, 0.25) is 0 Å². The van der Waals surface area contributed by atoms with Gasteiger partial charge in [-0.05, 0) is 136 Å². The van der Waals surface area contributed by atoms with Crippen LogP contribution >= 0.6 is 0 Å². The highest BCUT2D eigenvalue weighted by Gasteiger charge is 2.43. The first-order valence-corrected chi connectivity index (χ1v) is 23.3. The molecule has 0 spiro atoms. The Balaban J connectivity index is 5.44. The van der Waals surface area contributed by atoms with Crippen LogP contribution in [-0.2, 0) is 14.4 Å². The van der Waals surface area contributed by atoms with Gasteiger partial charge in [-0.2, -0.15) is 0 Å². The number of hydrogen-bond donors (Lipinski definition) is 4. The van der Waals surface area contributed by atoms with Gasteiger partial charge in [-0.15, -0.1) is 0 Å². The zero-order valence-electron chi connectivity index (χ0n) is 42.0. The number of carbonyl (C=O) groups is 3. The van der Waals surface area contributed by atoms with Crippen LogP contribution in [0.1, 0.15) is 188 Å². The summed E-state index contributed by atoms with van der Waals surface area (Å²) in [6.45, 7) is 43.3. The molecular weight excluding hydrogens is 721 g/mol. The predicted octanol–water partition coefficient (Wildman–Crippen LogP) is 9.69. The minimum Gasteiger partial charge on any atom is -0.356 e. The van der Waals surface area contributed by atoms with Gasteiger partial charge in [0.1, 0.15) is 0 Å². The van der Waals surface area contributed by atoms with Crippen LogP contribution < -0.4 is 21.3 Å². The van der Waals surface area contributed by atoms with Crippen LogP contribution in [0.4, 0.5) is 0 Å². The normalized spacial score (nSPS) is 13.6. The fourth-order valence-corrected chi connectivity index (χ4v) is 9.55. The summed E-state index contributed by atoms with van der Waals surface area (Å²) in [5, 5.41) is 12.8. The summed E-state index contributed by atoms with van der Waals surface area (Å²) in [4.78, 5) is 44.5. The number of unbranched alkanes of at least 4 members (excludes halogenated alkanes) is 1. The number of nitrogens with zero attached hydrogens (tertiary/aromatic N) is 2. The Labute approximate surface area is 360 Å². The van der Waals surface area contributed by atoms with E-state index in [0.717, 1.165) is 77.5 Å². The molecule has 0 aromatic heterocycles. The highest BCUT2D eigenvalue weighted by molar-refractivity contribution is 5.78. The summed E-state index contributed by atoms with van der Waals surface area (Å²) in [6.07, 6.45) is 10.7. The summed E-state index contributed by atoms with van der Waals surface area (Å²) in [7, 11) is 3.93. The molecule has 0 aromatic carbocycles. The maximum Gasteiger partial charge on any atom is 0.236 e. The molecule has 0 rings (SSSR count). The van der Waals surface area contributed by atoms with Gasteiger partial charge in [0.25, 0.3) is 0 Å². The van der Waals surface area contributed by atoms with Gasteiger partial charge in [-0.25, -0.2) is 0 Å². The van der Waals surface area contributed by atoms with Crippen molar-refractivity contribution in [2.75, 3.05) is 73.0 Å². The predicted molar refractivity (Wildman–Crippen MR) is 250 cm³/mol. The number of carbonyl (C=O) groups excluding carboxylic acids is 3. The lowest BCUT2D eigenvalue weighted by Gasteiger charge is -2.48. The molecule has 0 saturated heterocycles. The van der Waals surface area contributed by atoms with Crippen LogP contribution in [-0.4, -0.2) is 101 Å². The van der Waals surface area contributed by atoms with E-state index in [1.807, 2.05) is 19.0 Å². The smallest absolute Gasteiger partial charge is 0.236 e. The van der Waals surface area contributed by atoms with Crippen molar-refractivity contribution in [1.82, 2.24) is 31.1 Å². The van der Waals surface area contributed by atoms with E-state index >= 15 is 0 Å². The lowest BCUT2D eigenvalue weighted by molar-refractivity contribution is -0.132. The van der Waals surface area contributed by atoms with E-state index in [1.54, 1.807) is 0 Å². The molecule has 344 valence electrons. The van der Waals surface area contributed by atoms with Crippen molar-refractivity contribution in [1.29, 1.82) is 0 Å². The highest BCUT2D eigenvalue weighted by Crippen LogP contribution is 2.52. The van der Waals surface area contributed by atoms with Crippen molar-refractivity contribution < 1.29 is 14.4 Å². The van der Waals surface area contributed by atoms with Gasteiger partial charge in [-0.3, -0.25) is 19.3 Å². The standard InChI is InChI=1S/C49H100N6O3/c1-19-25-46(9,10)48(13,14)38-44(5,6)35-41(57)53-29-24-33-55(42(58)36-54(30-22-26-50-17)31-23-27-51-18)32-21-20-28-52-40(56)34-45(7,8)39-49(15,16)47(11,12)37-43(2,3)4/h50-51H,19-39H2,1-18H3,(H,52,56)(H,53,57). The van der Waals surface area contributed by atoms with E-state index in [0.29, 0.717) is 52.0 Å². The van der Waals surface area contributed by atoms with Crippen LogP contribution in [0, 0.1) is 37.9 Å². The maximum absolute atomic E-state index is 13.9. The molecular formula is C49H100N6O3. The summed E-state index contributed by atoms with van der Waals surface area (Å²) in [5.41, 5.74) is 0.546. The molecule has 0 radical (unpaired) electrons. The van der Waals surface area contributed by atoms with Crippen molar-refractivity contribution in [3.8, 4) is 0 Å². The van der Waals surface area contributed by atoms with Gasteiger partial charge in [0.05, 0.1) is 6.54 Å². The van der Waals surface area contributed by atoms with Crippen molar-refractivity contribution in [3.63, 3.8) is 0 Å². The Morgan fingerprint density at radius 3 is 1.31 bits per heavy atom. The Kier molecular flexibility index (Phi) is 24.5. The quantitative estimate of drug-likeness (QED) is 0.0504. The molecule has 0 heterocycles. The third kappa shape index (κ3) is 23.3. The number of rotatable bonds is 32. The van der Waals surface area contributed by atoms with E-state index in [1.165, 1.54) is 6.42 Å². The van der Waals surface area contributed by atoms with E-state index in [4.69, 9.17) is 0 Å². The first kappa shape index (κ1) is 56.3. The maximum atomic E-state index is 13.9. The van der Waals surface area contributed by atoms with Gasteiger partial charge in [0.15, 0.2) is 0 Å². The summed E-state index contributed by atoms with van der Waals surface area (Å²) < 4.78 is 0. The molecule has 0 aliphatic heterocycles. The fourth-order valence-electron chi connectivity index (χ4n) is 9.55. The zero-order chi connectivity index (χ0) is 45.1. The van der Waals surface area contributed by atoms with Gasteiger partial charge >= 0.3 is 0 Å². The third-order valence-electron chi connectivity index (χ3n) is 13.2.